The molecule has 0 fully saturated rings. The molecule has 0 bridgehead atoms. The molecule has 0 spiro atoms. The molecule has 0 unspecified atom stereocenters. The van der Waals surface area contributed by atoms with Crippen molar-refractivity contribution in [2.24, 2.45) is 0 Å². The van der Waals surface area contributed by atoms with Gasteiger partial charge in [-0.25, -0.2) is 14.2 Å². The number of aromatic amines is 1. The summed E-state index contributed by atoms with van der Waals surface area (Å²) in [5.41, 5.74) is 0.0878. The zero-order valence-corrected chi connectivity index (χ0v) is 16.2. The highest BCUT2D eigenvalue weighted by molar-refractivity contribution is 5.78. The second-order valence-electron chi connectivity index (χ2n) is 6.82. The zero-order valence-electron chi connectivity index (χ0n) is 16.2. The summed E-state index contributed by atoms with van der Waals surface area (Å²) < 4.78 is 58.9. The molecule has 0 aliphatic rings. The number of nitrogens with zero attached hydrogens (tertiary/aromatic N) is 2. The molecule has 0 atom stereocenters. The van der Waals surface area contributed by atoms with Crippen LogP contribution >= 0.6 is 0 Å². The first-order valence-corrected chi connectivity index (χ1v) is 8.98. The van der Waals surface area contributed by atoms with E-state index in [1.807, 2.05) is 0 Å². The summed E-state index contributed by atoms with van der Waals surface area (Å²) in [5.74, 6) is -1.77. The number of nitrogens with one attached hydrogen (secondary N) is 3. The Labute approximate surface area is 172 Å². The first-order chi connectivity index (χ1) is 14.6. The lowest BCUT2D eigenvalue weighted by Crippen LogP contribution is -2.13. The highest BCUT2D eigenvalue weighted by Gasteiger charge is 2.37. The summed E-state index contributed by atoms with van der Waals surface area (Å²) in [6.45, 7) is 2.91. The van der Waals surface area contributed by atoms with Crippen molar-refractivity contribution in [2.75, 3.05) is 10.6 Å². The summed E-state index contributed by atoms with van der Waals surface area (Å²) >= 11 is 0. The van der Waals surface area contributed by atoms with Gasteiger partial charge in [0.2, 0.25) is 5.95 Å². The van der Waals surface area contributed by atoms with Crippen LogP contribution in [0.25, 0.3) is 11.1 Å². The normalized spacial score (nSPS) is 11.7. The molecule has 4 rings (SSSR count). The Balaban J connectivity index is 1.64. The van der Waals surface area contributed by atoms with Gasteiger partial charge in [0.1, 0.15) is 5.82 Å². The predicted octanol–water partition coefficient (Wildman–Crippen LogP) is 5.17. The Hall–Kier alpha value is -3.89. The lowest BCUT2D eigenvalue weighted by atomic mass is 10.1. The molecule has 3 N–H and O–H groups in total. The monoisotopic (exact) mass is 433 g/mol. The van der Waals surface area contributed by atoms with E-state index in [-0.39, 0.29) is 11.5 Å². The standard InChI is InChI=1S/C20H15F4N5O2/c1-9-3-5-12(16(21)15(9)20(22,23)24)27-18-25-8-10(2)17(29-18)26-11-4-6-14-13(7-11)28-19(30)31-14/h3-8H,1-2H3,(H,28,30)(H2,25,26,27,29). The largest absolute Gasteiger partial charge is 0.419 e. The first-order valence-electron chi connectivity index (χ1n) is 8.98. The Morgan fingerprint density at radius 3 is 2.58 bits per heavy atom. The average molecular weight is 433 g/mol. The summed E-state index contributed by atoms with van der Waals surface area (Å²) in [6.07, 6.45) is -3.40. The highest BCUT2D eigenvalue weighted by Crippen LogP contribution is 2.37. The molecular formula is C20H15F4N5O2. The fraction of sp³-hybridized carbons (Fsp3) is 0.150. The van der Waals surface area contributed by atoms with Gasteiger partial charge in [0.15, 0.2) is 11.4 Å². The van der Waals surface area contributed by atoms with E-state index in [1.54, 1.807) is 25.1 Å². The minimum absolute atomic E-state index is 0.0956. The van der Waals surface area contributed by atoms with Crippen molar-refractivity contribution in [2.45, 2.75) is 20.0 Å². The molecule has 0 radical (unpaired) electrons. The molecule has 31 heavy (non-hydrogen) atoms. The first kappa shape index (κ1) is 20.4. The van der Waals surface area contributed by atoms with E-state index >= 15 is 0 Å². The van der Waals surface area contributed by atoms with Crippen molar-refractivity contribution in [3.8, 4) is 0 Å². The Morgan fingerprint density at radius 1 is 1.06 bits per heavy atom. The number of oxazole rings is 1. The third kappa shape index (κ3) is 4.06. The number of alkyl halides is 3. The van der Waals surface area contributed by atoms with E-state index in [9.17, 15) is 22.4 Å². The van der Waals surface area contributed by atoms with Crippen LogP contribution in [-0.4, -0.2) is 15.0 Å². The third-order valence-electron chi connectivity index (χ3n) is 4.53. The van der Waals surface area contributed by atoms with Crippen LogP contribution in [-0.2, 0) is 6.18 Å². The van der Waals surface area contributed by atoms with Gasteiger partial charge in [-0.2, -0.15) is 18.2 Å². The maximum atomic E-state index is 14.5. The van der Waals surface area contributed by atoms with Crippen molar-refractivity contribution < 1.29 is 22.0 Å². The van der Waals surface area contributed by atoms with Crippen LogP contribution in [0.15, 0.2) is 45.7 Å². The minimum Gasteiger partial charge on any atom is -0.408 e. The lowest BCUT2D eigenvalue weighted by molar-refractivity contribution is -0.140. The maximum absolute atomic E-state index is 14.5. The van der Waals surface area contributed by atoms with Crippen LogP contribution in [0.5, 0.6) is 0 Å². The van der Waals surface area contributed by atoms with Crippen molar-refractivity contribution in [3.05, 3.63) is 69.6 Å². The smallest absolute Gasteiger partial charge is 0.408 e. The van der Waals surface area contributed by atoms with Crippen LogP contribution in [0.2, 0.25) is 0 Å². The van der Waals surface area contributed by atoms with Gasteiger partial charge < -0.3 is 15.1 Å². The SMILES string of the molecule is Cc1cnc(Nc2ccc(C)c(C(F)(F)F)c2F)nc1Nc1ccc2oc(=O)[nH]c2c1. The van der Waals surface area contributed by atoms with Crippen molar-refractivity contribution in [1.82, 2.24) is 15.0 Å². The van der Waals surface area contributed by atoms with Crippen LogP contribution < -0.4 is 16.4 Å². The number of hydrogen-bond donors (Lipinski definition) is 3. The van der Waals surface area contributed by atoms with Gasteiger partial charge in [-0.15, -0.1) is 0 Å². The van der Waals surface area contributed by atoms with Crippen molar-refractivity contribution in [3.63, 3.8) is 0 Å². The number of aryl methyl sites for hydroxylation is 2. The molecule has 160 valence electrons. The second-order valence-corrected chi connectivity index (χ2v) is 6.82. The van der Waals surface area contributed by atoms with Gasteiger partial charge in [-0.05, 0) is 43.7 Å². The van der Waals surface area contributed by atoms with E-state index in [1.165, 1.54) is 25.3 Å². The number of H-pyrrole nitrogens is 1. The number of fused-ring (bicyclic) bond motifs is 1. The maximum Gasteiger partial charge on any atom is 0.419 e. The van der Waals surface area contributed by atoms with Crippen LogP contribution in [0.4, 0.5) is 40.7 Å². The number of rotatable bonds is 4. The Morgan fingerprint density at radius 2 is 1.84 bits per heavy atom. The second kappa shape index (κ2) is 7.42. The summed E-state index contributed by atoms with van der Waals surface area (Å²) in [5, 5.41) is 5.53. The number of anilines is 4. The average Bonchev–Trinajstić information content (AvgIpc) is 3.05. The quantitative estimate of drug-likeness (QED) is 0.384. The lowest BCUT2D eigenvalue weighted by Gasteiger charge is -2.15. The highest BCUT2D eigenvalue weighted by atomic mass is 19.4. The predicted molar refractivity (Wildman–Crippen MR) is 106 cm³/mol. The van der Waals surface area contributed by atoms with E-state index in [0.29, 0.717) is 28.2 Å². The molecule has 7 nitrogen and oxygen atoms in total. The molecule has 2 aromatic carbocycles. The number of benzene rings is 2. The summed E-state index contributed by atoms with van der Waals surface area (Å²) in [6, 6.07) is 7.24. The molecule has 4 aromatic rings. The van der Waals surface area contributed by atoms with E-state index in [2.05, 4.69) is 25.6 Å². The van der Waals surface area contributed by atoms with Crippen LogP contribution in [0, 0.1) is 19.7 Å². The topological polar surface area (TPSA) is 95.8 Å². The zero-order chi connectivity index (χ0) is 22.3. The van der Waals surface area contributed by atoms with E-state index in [4.69, 9.17) is 4.42 Å². The molecule has 0 aliphatic heterocycles. The third-order valence-corrected chi connectivity index (χ3v) is 4.53. The van der Waals surface area contributed by atoms with Gasteiger partial charge in [0, 0.05) is 17.4 Å². The van der Waals surface area contributed by atoms with Crippen molar-refractivity contribution in [1.29, 1.82) is 0 Å². The molecular weight excluding hydrogens is 418 g/mol. The fourth-order valence-electron chi connectivity index (χ4n) is 3.03. The molecule has 0 saturated heterocycles. The number of aromatic nitrogens is 3. The van der Waals surface area contributed by atoms with Gasteiger partial charge in [-0.1, -0.05) is 6.07 Å². The van der Waals surface area contributed by atoms with Crippen LogP contribution in [0.3, 0.4) is 0 Å². The van der Waals surface area contributed by atoms with Gasteiger partial charge >= 0.3 is 11.9 Å². The fourth-order valence-corrected chi connectivity index (χ4v) is 3.03. The summed E-state index contributed by atoms with van der Waals surface area (Å²) in [4.78, 5) is 22.1. The molecule has 0 saturated carbocycles. The number of halogens is 4. The summed E-state index contributed by atoms with van der Waals surface area (Å²) in [7, 11) is 0. The van der Waals surface area contributed by atoms with Crippen molar-refractivity contribution >= 4 is 34.2 Å². The Bertz CT molecular complexity index is 1340. The number of hydrogen-bond acceptors (Lipinski definition) is 6. The Kier molecular flexibility index (Phi) is 4.88. The van der Waals surface area contributed by atoms with E-state index in [0.717, 1.165) is 0 Å². The molecule has 0 amide bonds. The van der Waals surface area contributed by atoms with Gasteiger partial charge in [0.25, 0.3) is 0 Å². The molecule has 2 heterocycles. The molecule has 0 aliphatic carbocycles. The van der Waals surface area contributed by atoms with E-state index < -0.39 is 29.0 Å². The molecule has 2 aromatic heterocycles. The van der Waals surface area contributed by atoms with Gasteiger partial charge in [0.05, 0.1) is 16.8 Å². The van der Waals surface area contributed by atoms with Gasteiger partial charge in [-0.3, -0.25) is 4.98 Å². The van der Waals surface area contributed by atoms with Crippen LogP contribution in [0.1, 0.15) is 16.7 Å². The molecule has 11 heteroatoms. The minimum atomic E-state index is -4.83.